The Bertz CT molecular complexity index is 1240. The van der Waals surface area contributed by atoms with Crippen LogP contribution in [-0.4, -0.2) is 62.7 Å². The van der Waals surface area contributed by atoms with E-state index >= 15 is 0 Å². The van der Waals surface area contributed by atoms with Gasteiger partial charge in [0.2, 0.25) is 5.88 Å². The number of nitrogens with zero attached hydrogens (tertiary/aromatic N) is 4. The van der Waals surface area contributed by atoms with Crippen LogP contribution in [-0.2, 0) is 6.54 Å². The van der Waals surface area contributed by atoms with E-state index in [4.69, 9.17) is 11.6 Å². The van der Waals surface area contributed by atoms with Crippen LogP contribution in [0.3, 0.4) is 0 Å². The maximum Gasteiger partial charge on any atom is 0.254 e. The molecule has 4 aromatic rings. The average Bonchev–Trinajstić information content (AvgIpc) is 3.46. The lowest BCUT2D eigenvalue weighted by atomic mass is 10.1. The quantitative estimate of drug-likeness (QED) is 0.496. The number of fused-ring (bicyclic) bond motifs is 1. The summed E-state index contributed by atoms with van der Waals surface area (Å²) in [5, 5.41) is 12.7. The number of rotatable bonds is 5. The van der Waals surface area contributed by atoms with Crippen LogP contribution >= 0.6 is 11.6 Å². The van der Waals surface area contributed by atoms with Crippen molar-refractivity contribution < 1.29 is 9.90 Å². The molecule has 6 nitrogen and oxygen atoms in total. The summed E-state index contributed by atoms with van der Waals surface area (Å²) in [6.07, 6.45) is 5.99. The van der Waals surface area contributed by atoms with Crippen molar-refractivity contribution in [3.8, 4) is 11.6 Å². The van der Waals surface area contributed by atoms with Gasteiger partial charge in [-0.05, 0) is 36.4 Å². The van der Waals surface area contributed by atoms with E-state index in [2.05, 4.69) is 21.9 Å². The van der Waals surface area contributed by atoms with Crippen molar-refractivity contribution >= 4 is 28.3 Å². The van der Waals surface area contributed by atoms with Crippen molar-refractivity contribution in [2.75, 3.05) is 32.7 Å². The molecule has 0 atom stereocenters. The molecule has 1 aliphatic rings. The summed E-state index contributed by atoms with van der Waals surface area (Å²) in [4.78, 5) is 17.5. The molecule has 1 amide bonds. The Balaban J connectivity index is 1.28. The fraction of sp³-hybridized carbons (Fsp3) is 0.240. The fourth-order valence-electron chi connectivity index (χ4n) is 4.32. The van der Waals surface area contributed by atoms with E-state index in [0.717, 1.165) is 37.3 Å². The summed E-state index contributed by atoms with van der Waals surface area (Å²) in [5.74, 6) is 0.0950. The minimum atomic E-state index is 0.0196. The van der Waals surface area contributed by atoms with Crippen molar-refractivity contribution in [1.82, 2.24) is 18.9 Å². The number of aromatic nitrogens is 2. The van der Waals surface area contributed by atoms with Crippen molar-refractivity contribution in [3.63, 3.8) is 0 Å². The molecule has 32 heavy (non-hydrogen) atoms. The van der Waals surface area contributed by atoms with Crippen molar-refractivity contribution in [2.45, 2.75) is 6.54 Å². The first kappa shape index (κ1) is 20.7. The Hall–Kier alpha value is -3.22. The molecular formula is C25H25ClN4O2. The predicted octanol–water partition coefficient (Wildman–Crippen LogP) is 4.25. The molecule has 3 heterocycles. The zero-order valence-corrected chi connectivity index (χ0v) is 18.4. The van der Waals surface area contributed by atoms with Gasteiger partial charge in [0, 0.05) is 74.5 Å². The molecule has 0 spiro atoms. The van der Waals surface area contributed by atoms with Gasteiger partial charge in [-0.1, -0.05) is 29.8 Å². The van der Waals surface area contributed by atoms with E-state index in [1.165, 1.54) is 0 Å². The molecule has 7 heteroatoms. The number of carbonyl (C=O) groups is 1. The van der Waals surface area contributed by atoms with Crippen LogP contribution in [0.2, 0.25) is 5.02 Å². The van der Waals surface area contributed by atoms with Crippen LogP contribution in [0, 0.1) is 0 Å². The summed E-state index contributed by atoms with van der Waals surface area (Å²) < 4.78 is 3.85. The topological polar surface area (TPSA) is 53.6 Å². The predicted molar refractivity (Wildman–Crippen MR) is 127 cm³/mol. The lowest BCUT2D eigenvalue weighted by Gasteiger charge is -2.34. The first-order chi connectivity index (χ1) is 15.6. The molecule has 0 radical (unpaired) electrons. The van der Waals surface area contributed by atoms with Crippen molar-refractivity contribution in [3.05, 3.63) is 83.8 Å². The zero-order chi connectivity index (χ0) is 22.1. The van der Waals surface area contributed by atoms with Crippen LogP contribution in [0.5, 0.6) is 5.88 Å². The van der Waals surface area contributed by atoms with Gasteiger partial charge in [-0.3, -0.25) is 14.3 Å². The van der Waals surface area contributed by atoms with Crippen LogP contribution in [0.4, 0.5) is 0 Å². The van der Waals surface area contributed by atoms with Crippen LogP contribution in [0.15, 0.2) is 73.2 Å². The molecule has 5 rings (SSSR count). The van der Waals surface area contributed by atoms with E-state index in [1.54, 1.807) is 10.6 Å². The van der Waals surface area contributed by atoms with Gasteiger partial charge >= 0.3 is 0 Å². The third kappa shape index (κ3) is 3.99. The second-order valence-electron chi connectivity index (χ2n) is 8.13. The van der Waals surface area contributed by atoms with E-state index in [-0.39, 0.29) is 11.8 Å². The zero-order valence-electron chi connectivity index (χ0n) is 17.7. The molecule has 1 N–H and O–H groups in total. The monoisotopic (exact) mass is 448 g/mol. The number of benzene rings is 2. The standard InChI is InChI=1S/C25H25ClN4O2/c26-22-8-4-6-20-18-30(25(32)23(20)22)21-7-3-5-19(17-21)24(31)29-15-13-28(14-16-29)12-11-27-9-1-2-10-27/h1-10,17-18,32H,11-16H2. The fourth-order valence-corrected chi connectivity index (χ4v) is 4.59. The molecule has 0 saturated carbocycles. The highest BCUT2D eigenvalue weighted by molar-refractivity contribution is 6.36. The Morgan fingerprint density at radius 3 is 2.44 bits per heavy atom. The van der Waals surface area contributed by atoms with Gasteiger partial charge in [-0.15, -0.1) is 0 Å². The largest absolute Gasteiger partial charge is 0.494 e. The molecule has 2 aromatic carbocycles. The van der Waals surface area contributed by atoms with Gasteiger partial charge in [0.1, 0.15) is 0 Å². The van der Waals surface area contributed by atoms with E-state index in [1.807, 2.05) is 59.6 Å². The first-order valence-corrected chi connectivity index (χ1v) is 11.2. The second-order valence-corrected chi connectivity index (χ2v) is 8.54. The molecule has 0 unspecified atom stereocenters. The lowest BCUT2D eigenvalue weighted by molar-refractivity contribution is 0.0633. The Labute approximate surface area is 191 Å². The minimum absolute atomic E-state index is 0.0196. The number of hydrogen-bond acceptors (Lipinski definition) is 3. The molecule has 2 aromatic heterocycles. The Kier molecular flexibility index (Phi) is 5.64. The van der Waals surface area contributed by atoms with Gasteiger partial charge < -0.3 is 14.6 Å². The molecule has 1 saturated heterocycles. The smallest absolute Gasteiger partial charge is 0.254 e. The molecule has 0 bridgehead atoms. The number of aromatic hydroxyl groups is 1. The summed E-state index contributed by atoms with van der Waals surface area (Å²) in [5.41, 5.74) is 1.34. The summed E-state index contributed by atoms with van der Waals surface area (Å²) >= 11 is 6.27. The average molecular weight is 449 g/mol. The highest BCUT2D eigenvalue weighted by Gasteiger charge is 2.22. The third-order valence-electron chi connectivity index (χ3n) is 6.14. The van der Waals surface area contributed by atoms with E-state index in [0.29, 0.717) is 29.1 Å². The van der Waals surface area contributed by atoms with Crippen LogP contribution < -0.4 is 0 Å². The normalized spacial score (nSPS) is 14.8. The van der Waals surface area contributed by atoms with Gasteiger partial charge in [-0.2, -0.15) is 0 Å². The van der Waals surface area contributed by atoms with Gasteiger partial charge in [0.05, 0.1) is 10.4 Å². The first-order valence-electron chi connectivity index (χ1n) is 10.8. The van der Waals surface area contributed by atoms with Gasteiger partial charge in [0.25, 0.3) is 5.91 Å². The van der Waals surface area contributed by atoms with E-state index < -0.39 is 0 Å². The Morgan fingerprint density at radius 2 is 1.69 bits per heavy atom. The third-order valence-corrected chi connectivity index (χ3v) is 6.45. The number of hydrogen-bond donors (Lipinski definition) is 1. The highest BCUT2D eigenvalue weighted by atomic mass is 35.5. The highest BCUT2D eigenvalue weighted by Crippen LogP contribution is 2.35. The van der Waals surface area contributed by atoms with Crippen LogP contribution in [0.25, 0.3) is 16.5 Å². The van der Waals surface area contributed by atoms with Gasteiger partial charge in [0.15, 0.2) is 0 Å². The second kappa shape index (κ2) is 8.73. The maximum atomic E-state index is 13.2. The SMILES string of the molecule is O=C(c1cccc(-n2cc3cccc(Cl)c3c2O)c1)N1CCN(CCn2cccc2)CC1. The molecule has 0 aliphatic carbocycles. The molecular weight excluding hydrogens is 424 g/mol. The number of carbonyl (C=O) groups excluding carboxylic acids is 1. The number of piperazine rings is 1. The number of halogens is 1. The summed E-state index contributed by atoms with van der Waals surface area (Å²) in [6.45, 7) is 5.10. The summed E-state index contributed by atoms with van der Waals surface area (Å²) in [6, 6.07) is 17.0. The van der Waals surface area contributed by atoms with Gasteiger partial charge in [-0.25, -0.2) is 0 Å². The minimum Gasteiger partial charge on any atom is -0.494 e. The molecule has 1 fully saturated rings. The molecule has 1 aliphatic heterocycles. The molecule has 164 valence electrons. The van der Waals surface area contributed by atoms with Crippen molar-refractivity contribution in [1.29, 1.82) is 0 Å². The lowest BCUT2D eigenvalue weighted by Crippen LogP contribution is -2.49. The maximum absolute atomic E-state index is 13.2. The van der Waals surface area contributed by atoms with Crippen molar-refractivity contribution in [2.24, 2.45) is 0 Å². The Morgan fingerprint density at radius 1 is 0.938 bits per heavy atom. The number of amides is 1. The van der Waals surface area contributed by atoms with Crippen LogP contribution in [0.1, 0.15) is 10.4 Å². The van der Waals surface area contributed by atoms with E-state index in [9.17, 15) is 9.90 Å². The summed E-state index contributed by atoms with van der Waals surface area (Å²) in [7, 11) is 0.